The zero-order valence-electron chi connectivity index (χ0n) is 17.9. The maximum Gasteiger partial charge on any atom is 0.193 e. The topological polar surface area (TPSA) is 66.3 Å². The molecule has 0 aromatic heterocycles. The molecule has 0 fully saturated rings. The minimum atomic E-state index is -0.509. The molecule has 158 valence electrons. The van der Waals surface area contributed by atoms with Crippen molar-refractivity contribution in [1.82, 2.24) is 10.2 Å². The zero-order valence-corrected chi connectivity index (χ0v) is 17.9. The first kappa shape index (κ1) is 22.6. The molecule has 6 heteroatoms. The monoisotopic (exact) mass is 399 g/mol. The van der Waals surface area contributed by atoms with E-state index >= 15 is 0 Å². The molecule has 2 N–H and O–H groups in total. The van der Waals surface area contributed by atoms with Crippen LogP contribution < -0.4 is 14.8 Å². The van der Waals surface area contributed by atoms with Gasteiger partial charge < -0.3 is 24.8 Å². The fourth-order valence-electron chi connectivity index (χ4n) is 3.05. The van der Waals surface area contributed by atoms with E-state index in [1.807, 2.05) is 62.5 Å². The molecule has 2 rings (SSSR count). The Balaban J connectivity index is 1.94. The van der Waals surface area contributed by atoms with Gasteiger partial charge in [-0.2, -0.15) is 0 Å². The zero-order chi connectivity index (χ0) is 21.1. The number of aliphatic imine (C=N–C) groups is 1. The molecular weight excluding hydrogens is 366 g/mol. The minimum Gasteiger partial charge on any atom is -0.493 e. The van der Waals surface area contributed by atoms with Crippen molar-refractivity contribution >= 4 is 5.96 Å². The standard InChI is InChI=1S/C23H33N3O3/c1-5-24-23(25-17-20(27)15-18-9-7-6-8-10-18)26(2)14-13-19-11-12-21(28-3)22(16-19)29-4/h6-12,16,20,27H,5,13-15,17H2,1-4H3,(H,24,25). The Kier molecular flexibility index (Phi) is 9.31. The number of nitrogens with one attached hydrogen (secondary N) is 1. The molecule has 2 aromatic rings. The second-order valence-electron chi connectivity index (χ2n) is 6.90. The normalized spacial score (nSPS) is 12.4. The van der Waals surface area contributed by atoms with Crippen LogP contribution in [-0.2, 0) is 12.8 Å². The lowest BCUT2D eigenvalue weighted by atomic mass is 10.1. The maximum absolute atomic E-state index is 10.3. The van der Waals surface area contributed by atoms with E-state index in [1.54, 1.807) is 14.2 Å². The third kappa shape index (κ3) is 7.31. The summed E-state index contributed by atoms with van der Waals surface area (Å²) in [7, 11) is 5.28. The van der Waals surface area contributed by atoms with E-state index in [0.717, 1.165) is 48.1 Å². The molecule has 0 aliphatic heterocycles. The summed E-state index contributed by atoms with van der Waals surface area (Å²) >= 11 is 0. The number of hydrogen-bond acceptors (Lipinski definition) is 4. The highest BCUT2D eigenvalue weighted by Gasteiger charge is 2.10. The van der Waals surface area contributed by atoms with E-state index in [2.05, 4.69) is 15.2 Å². The van der Waals surface area contributed by atoms with Crippen LogP contribution in [0.15, 0.2) is 53.5 Å². The fourth-order valence-corrected chi connectivity index (χ4v) is 3.05. The summed E-state index contributed by atoms with van der Waals surface area (Å²) in [5.41, 5.74) is 2.27. The first-order valence-electron chi connectivity index (χ1n) is 9.99. The Morgan fingerprint density at radius 2 is 1.79 bits per heavy atom. The summed E-state index contributed by atoms with van der Waals surface area (Å²) in [5.74, 6) is 2.25. The Labute approximate surface area is 174 Å². The molecule has 2 aromatic carbocycles. The van der Waals surface area contributed by atoms with E-state index in [-0.39, 0.29) is 0 Å². The number of nitrogens with zero attached hydrogens (tertiary/aromatic N) is 2. The molecule has 1 atom stereocenters. The third-order valence-corrected chi connectivity index (χ3v) is 4.65. The van der Waals surface area contributed by atoms with Gasteiger partial charge >= 0.3 is 0 Å². The Morgan fingerprint density at radius 3 is 2.45 bits per heavy atom. The maximum atomic E-state index is 10.3. The molecule has 1 unspecified atom stereocenters. The predicted octanol–water partition coefficient (Wildman–Crippen LogP) is 2.75. The van der Waals surface area contributed by atoms with Crippen molar-refractivity contribution in [1.29, 1.82) is 0 Å². The molecule has 29 heavy (non-hydrogen) atoms. The molecule has 0 bridgehead atoms. The van der Waals surface area contributed by atoms with Gasteiger partial charge in [-0.25, -0.2) is 0 Å². The number of ether oxygens (including phenoxy) is 2. The van der Waals surface area contributed by atoms with E-state index < -0.39 is 6.10 Å². The van der Waals surface area contributed by atoms with Crippen LogP contribution in [-0.4, -0.2) is 63.0 Å². The molecule has 0 amide bonds. The first-order chi connectivity index (χ1) is 14.1. The number of hydrogen-bond donors (Lipinski definition) is 2. The fraction of sp³-hybridized carbons (Fsp3) is 0.435. The summed E-state index contributed by atoms with van der Waals surface area (Å²) < 4.78 is 10.7. The van der Waals surface area contributed by atoms with Gasteiger partial charge in [0.1, 0.15) is 0 Å². The highest BCUT2D eigenvalue weighted by atomic mass is 16.5. The lowest BCUT2D eigenvalue weighted by Crippen LogP contribution is -2.40. The Morgan fingerprint density at radius 1 is 1.07 bits per heavy atom. The van der Waals surface area contributed by atoms with Gasteiger partial charge in [-0.1, -0.05) is 36.4 Å². The molecule has 0 saturated carbocycles. The lowest BCUT2D eigenvalue weighted by molar-refractivity contribution is 0.183. The van der Waals surface area contributed by atoms with Gasteiger partial charge in [0.15, 0.2) is 17.5 Å². The number of aliphatic hydroxyl groups excluding tert-OH is 1. The molecule has 0 heterocycles. The van der Waals surface area contributed by atoms with Crippen LogP contribution in [0.3, 0.4) is 0 Å². The molecular formula is C23H33N3O3. The predicted molar refractivity (Wildman–Crippen MR) is 118 cm³/mol. The van der Waals surface area contributed by atoms with Gasteiger partial charge in [0, 0.05) is 26.6 Å². The molecule has 0 saturated heterocycles. The molecule has 0 spiro atoms. The van der Waals surface area contributed by atoms with Crippen molar-refractivity contribution in [2.24, 2.45) is 4.99 Å². The van der Waals surface area contributed by atoms with E-state index in [1.165, 1.54) is 0 Å². The van der Waals surface area contributed by atoms with Crippen LogP contribution in [0, 0.1) is 0 Å². The first-order valence-corrected chi connectivity index (χ1v) is 9.99. The SMILES string of the molecule is CCNC(=NCC(O)Cc1ccccc1)N(C)CCc1ccc(OC)c(OC)c1. The second kappa shape index (κ2) is 12.0. The van der Waals surface area contributed by atoms with E-state index in [9.17, 15) is 5.11 Å². The smallest absolute Gasteiger partial charge is 0.193 e. The summed E-state index contributed by atoms with van der Waals surface area (Å²) in [6.45, 7) is 3.96. The highest BCUT2D eigenvalue weighted by Crippen LogP contribution is 2.27. The Bertz CT molecular complexity index is 765. The largest absolute Gasteiger partial charge is 0.493 e. The van der Waals surface area contributed by atoms with Gasteiger partial charge in [0.25, 0.3) is 0 Å². The van der Waals surface area contributed by atoms with Crippen molar-refractivity contribution in [2.75, 3.05) is 40.9 Å². The van der Waals surface area contributed by atoms with Crippen LogP contribution in [0.25, 0.3) is 0 Å². The summed E-state index contributed by atoms with van der Waals surface area (Å²) in [4.78, 5) is 6.70. The number of likely N-dealkylation sites (N-methyl/N-ethyl adjacent to an activating group) is 1. The molecule has 0 aliphatic carbocycles. The number of rotatable bonds is 10. The Hall–Kier alpha value is -2.73. The van der Waals surface area contributed by atoms with Gasteiger partial charge in [0.05, 0.1) is 26.9 Å². The highest BCUT2D eigenvalue weighted by molar-refractivity contribution is 5.79. The van der Waals surface area contributed by atoms with Gasteiger partial charge in [-0.05, 0) is 36.6 Å². The summed E-state index contributed by atoms with van der Waals surface area (Å²) in [6.07, 6.45) is 0.928. The van der Waals surface area contributed by atoms with Crippen molar-refractivity contribution in [2.45, 2.75) is 25.9 Å². The molecule has 0 radical (unpaired) electrons. The van der Waals surface area contributed by atoms with Crippen molar-refractivity contribution in [3.63, 3.8) is 0 Å². The van der Waals surface area contributed by atoms with Crippen LogP contribution in [0.1, 0.15) is 18.1 Å². The average molecular weight is 400 g/mol. The van der Waals surface area contributed by atoms with Crippen molar-refractivity contribution < 1.29 is 14.6 Å². The van der Waals surface area contributed by atoms with Crippen LogP contribution in [0.5, 0.6) is 11.5 Å². The molecule has 6 nitrogen and oxygen atoms in total. The number of benzene rings is 2. The number of guanidine groups is 1. The van der Waals surface area contributed by atoms with E-state index in [4.69, 9.17) is 9.47 Å². The second-order valence-corrected chi connectivity index (χ2v) is 6.90. The minimum absolute atomic E-state index is 0.359. The lowest BCUT2D eigenvalue weighted by Gasteiger charge is -2.23. The van der Waals surface area contributed by atoms with Gasteiger partial charge in [-0.15, -0.1) is 0 Å². The van der Waals surface area contributed by atoms with Gasteiger partial charge in [0.2, 0.25) is 0 Å². The number of aliphatic hydroxyl groups is 1. The van der Waals surface area contributed by atoms with Crippen LogP contribution in [0.4, 0.5) is 0 Å². The summed E-state index contributed by atoms with van der Waals surface area (Å²) in [6, 6.07) is 16.0. The van der Waals surface area contributed by atoms with Crippen molar-refractivity contribution in [3.05, 3.63) is 59.7 Å². The van der Waals surface area contributed by atoms with Crippen LogP contribution >= 0.6 is 0 Å². The van der Waals surface area contributed by atoms with Crippen molar-refractivity contribution in [3.8, 4) is 11.5 Å². The van der Waals surface area contributed by atoms with Crippen LogP contribution in [0.2, 0.25) is 0 Å². The molecule has 0 aliphatic rings. The quantitative estimate of drug-likeness (QED) is 0.475. The average Bonchev–Trinajstić information content (AvgIpc) is 2.75. The summed E-state index contributed by atoms with van der Waals surface area (Å²) in [5, 5.41) is 13.6. The third-order valence-electron chi connectivity index (χ3n) is 4.65. The van der Waals surface area contributed by atoms with E-state index in [0.29, 0.717) is 13.0 Å². The number of methoxy groups -OCH3 is 2. The van der Waals surface area contributed by atoms with Gasteiger partial charge in [-0.3, -0.25) is 4.99 Å².